The van der Waals surface area contributed by atoms with Crippen molar-refractivity contribution in [2.75, 3.05) is 5.32 Å². The molecule has 1 aromatic carbocycles. The standard InChI is InChI=1S/C14H13ClF2N4O2/c15-14(16,17)13(23)18-8-10-3-1-4-11(7-10)20-12(22)9-21-6-2-5-19-21/h1-7H,8-9H2,(H,18,23)(H,20,22). The quantitative estimate of drug-likeness (QED) is 0.788. The first-order valence-electron chi connectivity index (χ1n) is 6.56. The molecule has 122 valence electrons. The molecule has 0 aliphatic rings. The van der Waals surface area contributed by atoms with Crippen molar-refractivity contribution in [2.24, 2.45) is 0 Å². The van der Waals surface area contributed by atoms with Crippen LogP contribution in [0.1, 0.15) is 5.56 Å². The highest BCUT2D eigenvalue weighted by Crippen LogP contribution is 2.18. The Bertz CT molecular complexity index is 686. The molecule has 0 aliphatic heterocycles. The monoisotopic (exact) mass is 342 g/mol. The molecule has 6 nitrogen and oxygen atoms in total. The molecular formula is C14H13ClF2N4O2. The van der Waals surface area contributed by atoms with E-state index in [4.69, 9.17) is 0 Å². The second-order valence-electron chi connectivity index (χ2n) is 4.63. The number of alkyl halides is 3. The fraction of sp³-hybridized carbons (Fsp3) is 0.214. The van der Waals surface area contributed by atoms with Crippen LogP contribution >= 0.6 is 11.6 Å². The zero-order valence-corrected chi connectivity index (χ0v) is 12.6. The molecule has 2 N–H and O–H groups in total. The lowest BCUT2D eigenvalue weighted by Gasteiger charge is -2.10. The van der Waals surface area contributed by atoms with Gasteiger partial charge in [0.1, 0.15) is 6.54 Å². The highest BCUT2D eigenvalue weighted by Gasteiger charge is 2.35. The van der Waals surface area contributed by atoms with Gasteiger partial charge in [0, 0.05) is 24.6 Å². The second kappa shape index (κ2) is 7.19. The number of hydrogen-bond donors (Lipinski definition) is 2. The Kier molecular flexibility index (Phi) is 5.28. The van der Waals surface area contributed by atoms with E-state index in [-0.39, 0.29) is 19.0 Å². The van der Waals surface area contributed by atoms with E-state index in [1.807, 2.05) is 5.32 Å². The Balaban J connectivity index is 1.91. The number of amides is 2. The fourth-order valence-corrected chi connectivity index (χ4v) is 1.85. The number of nitrogens with zero attached hydrogens (tertiary/aromatic N) is 2. The smallest absolute Gasteiger partial charge is 0.346 e. The first kappa shape index (κ1) is 16.9. The number of halogens is 3. The molecule has 0 bridgehead atoms. The molecule has 0 unspecified atom stereocenters. The minimum absolute atomic E-state index is 0.0480. The van der Waals surface area contributed by atoms with Crippen LogP contribution in [-0.2, 0) is 22.7 Å². The van der Waals surface area contributed by atoms with Crippen LogP contribution in [0.25, 0.3) is 0 Å². The molecule has 9 heteroatoms. The third-order valence-corrected chi connectivity index (χ3v) is 2.96. The van der Waals surface area contributed by atoms with Gasteiger partial charge in [-0.3, -0.25) is 14.3 Å². The maximum atomic E-state index is 12.5. The molecule has 1 heterocycles. The van der Waals surface area contributed by atoms with Gasteiger partial charge >= 0.3 is 11.3 Å². The zero-order chi connectivity index (χ0) is 16.9. The Morgan fingerprint density at radius 2 is 2.09 bits per heavy atom. The average molecular weight is 343 g/mol. The number of aromatic nitrogens is 2. The molecular weight excluding hydrogens is 330 g/mol. The van der Waals surface area contributed by atoms with Crippen molar-refractivity contribution in [1.29, 1.82) is 0 Å². The molecule has 2 amide bonds. The first-order chi connectivity index (χ1) is 10.8. The summed E-state index contributed by atoms with van der Waals surface area (Å²) in [6.45, 7) is -0.0869. The lowest BCUT2D eigenvalue weighted by molar-refractivity contribution is -0.135. The van der Waals surface area contributed by atoms with E-state index in [1.54, 1.807) is 42.7 Å². The number of rotatable bonds is 6. The molecule has 0 saturated carbocycles. The van der Waals surface area contributed by atoms with Gasteiger partial charge in [0.25, 0.3) is 0 Å². The summed E-state index contributed by atoms with van der Waals surface area (Å²) in [5.41, 5.74) is 1.02. The van der Waals surface area contributed by atoms with Crippen molar-refractivity contribution in [2.45, 2.75) is 18.5 Å². The summed E-state index contributed by atoms with van der Waals surface area (Å²) < 4.78 is 26.5. The maximum absolute atomic E-state index is 12.5. The zero-order valence-electron chi connectivity index (χ0n) is 11.8. The van der Waals surface area contributed by atoms with E-state index < -0.39 is 11.3 Å². The summed E-state index contributed by atoms with van der Waals surface area (Å²) in [6, 6.07) is 8.15. The van der Waals surface area contributed by atoms with Gasteiger partial charge in [-0.25, -0.2) is 0 Å². The van der Waals surface area contributed by atoms with Crippen LogP contribution in [0.15, 0.2) is 42.7 Å². The van der Waals surface area contributed by atoms with Crippen molar-refractivity contribution in [1.82, 2.24) is 15.1 Å². The predicted molar refractivity (Wildman–Crippen MR) is 79.9 cm³/mol. The minimum Gasteiger partial charge on any atom is -0.346 e. The van der Waals surface area contributed by atoms with E-state index in [9.17, 15) is 18.4 Å². The summed E-state index contributed by atoms with van der Waals surface area (Å²) in [6.07, 6.45) is 3.21. The third-order valence-electron chi connectivity index (χ3n) is 2.79. The largest absolute Gasteiger partial charge is 0.399 e. The van der Waals surface area contributed by atoms with Gasteiger partial charge in [0.2, 0.25) is 5.91 Å². The minimum atomic E-state index is -3.95. The molecule has 0 saturated heterocycles. The van der Waals surface area contributed by atoms with Gasteiger partial charge in [-0.05, 0) is 35.4 Å². The summed E-state index contributed by atoms with van der Waals surface area (Å²) in [4.78, 5) is 22.8. The number of anilines is 1. The van der Waals surface area contributed by atoms with Crippen LogP contribution < -0.4 is 10.6 Å². The number of nitrogens with one attached hydrogen (secondary N) is 2. The Morgan fingerprint density at radius 3 is 2.74 bits per heavy atom. The summed E-state index contributed by atoms with van der Waals surface area (Å²) in [5.74, 6) is -1.87. The third kappa shape index (κ3) is 5.33. The lowest BCUT2D eigenvalue weighted by Crippen LogP contribution is -2.35. The van der Waals surface area contributed by atoms with Gasteiger partial charge in [-0.2, -0.15) is 13.9 Å². The molecule has 0 atom stereocenters. The molecule has 23 heavy (non-hydrogen) atoms. The molecule has 1 aromatic heterocycles. The summed E-state index contributed by atoms with van der Waals surface area (Å²) in [5, 5.41) is 4.62. The number of hydrogen-bond acceptors (Lipinski definition) is 3. The average Bonchev–Trinajstić information content (AvgIpc) is 2.96. The van der Waals surface area contributed by atoms with Gasteiger partial charge in [0.05, 0.1) is 0 Å². The van der Waals surface area contributed by atoms with Crippen LogP contribution in [0, 0.1) is 0 Å². The topological polar surface area (TPSA) is 76.0 Å². The van der Waals surface area contributed by atoms with Crippen LogP contribution in [0.2, 0.25) is 0 Å². The SMILES string of the molecule is O=C(Cn1cccn1)Nc1cccc(CNC(=O)C(F)(F)Cl)c1. The van der Waals surface area contributed by atoms with Crippen molar-refractivity contribution >= 4 is 29.1 Å². The number of benzene rings is 1. The normalized spacial score (nSPS) is 11.1. The van der Waals surface area contributed by atoms with E-state index in [0.717, 1.165) is 0 Å². The van der Waals surface area contributed by atoms with Gasteiger partial charge in [-0.1, -0.05) is 12.1 Å². The fourth-order valence-electron chi connectivity index (χ4n) is 1.78. The Hall–Kier alpha value is -2.48. The highest BCUT2D eigenvalue weighted by molar-refractivity contribution is 6.32. The number of carbonyl (C=O) groups excluding carboxylic acids is 2. The summed E-state index contributed by atoms with van der Waals surface area (Å²) >= 11 is 4.61. The van der Waals surface area contributed by atoms with Gasteiger partial charge in [0.15, 0.2) is 0 Å². The van der Waals surface area contributed by atoms with Gasteiger partial charge < -0.3 is 10.6 Å². The first-order valence-corrected chi connectivity index (χ1v) is 6.93. The van der Waals surface area contributed by atoms with Crippen molar-refractivity contribution < 1.29 is 18.4 Å². The predicted octanol–water partition coefficient (Wildman–Crippen LogP) is 1.97. The molecule has 2 aromatic rings. The summed E-state index contributed by atoms with van der Waals surface area (Å²) in [7, 11) is 0. The molecule has 0 spiro atoms. The Morgan fingerprint density at radius 1 is 1.30 bits per heavy atom. The van der Waals surface area contributed by atoms with Gasteiger partial charge in [-0.15, -0.1) is 0 Å². The molecule has 0 radical (unpaired) electrons. The molecule has 0 aliphatic carbocycles. The van der Waals surface area contributed by atoms with Crippen LogP contribution in [0.5, 0.6) is 0 Å². The van der Waals surface area contributed by atoms with E-state index >= 15 is 0 Å². The Labute approximate surface area is 135 Å². The van der Waals surface area contributed by atoms with Crippen molar-refractivity contribution in [3.8, 4) is 0 Å². The van der Waals surface area contributed by atoms with Crippen LogP contribution in [0.3, 0.4) is 0 Å². The second-order valence-corrected chi connectivity index (χ2v) is 5.11. The van der Waals surface area contributed by atoms with Crippen molar-refractivity contribution in [3.63, 3.8) is 0 Å². The lowest BCUT2D eigenvalue weighted by atomic mass is 10.2. The van der Waals surface area contributed by atoms with Crippen LogP contribution in [0.4, 0.5) is 14.5 Å². The van der Waals surface area contributed by atoms with E-state index in [0.29, 0.717) is 11.3 Å². The molecule has 0 fully saturated rings. The van der Waals surface area contributed by atoms with Crippen LogP contribution in [-0.4, -0.2) is 27.0 Å². The van der Waals surface area contributed by atoms with E-state index in [2.05, 4.69) is 22.0 Å². The highest BCUT2D eigenvalue weighted by atomic mass is 35.5. The van der Waals surface area contributed by atoms with Crippen molar-refractivity contribution in [3.05, 3.63) is 48.3 Å². The maximum Gasteiger partial charge on any atom is 0.399 e. The number of carbonyl (C=O) groups is 2. The van der Waals surface area contributed by atoms with E-state index in [1.165, 1.54) is 4.68 Å². The molecule has 2 rings (SSSR count).